The minimum atomic E-state index is -1.04. The molecule has 1 aliphatic rings. The van der Waals surface area contributed by atoms with Gasteiger partial charge in [-0.05, 0) is 64.8 Å². The summed E-state index contributed by atoms with van der Waals surface area (Å²) in [5, 5.41) is 12.5. The van der Waals surface area contributed by atoms with Crippen LogP contribution < -0.4 is 10.2 Å². The first-order valence-corrected chi connectivity index (χ1v) is 10.3. The number of anilines is 2. The molecule has 0 bridgehead atoms. The zero-order valence-corrected chi connectivity index (χ0v) is 18.3. The van der Waals surface area contributed by atoms with Gasteiger partial charge in [-0.15, -0.1) is 0 Å². The number of pyridine rings is 1. The van der Waals surface area contributed by atoms with Crippen molar-refractivity contribution in [1.29, 1.82) is 5.26 Å². The third-order valence-electron chi connectivity index (χ3n) is 5.44. The highest BCUT2D eigenvalue weighted by Gasteiger charge is 2.44. The second-order valence-corrected chi connectivity index (χ2v) is 9.03. The molecular formula is C22H24N4O2S. The van der Waals surface area contributed by atoms with Crippen LogP contribution in [0.1, 0.15) is 43.2 Å². The minimum Gasteiger partial charge on any atom is -0.322 e. The van der Waals surface area contributed by atoms with Crippen molar-refractivity contribution in [1.82, 2.24) is 4.98 Å². The van der Waals surface area contributed by atoms with Gasteiger partial charge in [0.25, 0.3) is 0 Å². The van der Waals surface area contributed by atoms with Crippen molar-refractivity contribution in [2.75, 3.05) is 10.2 Å². The number of fused-ring (bicyclic) bond motifs is 1. The SMILES string of the molecule is Cc1nc(SC(C)C(=O)N2c3ccccc3NC(=O)C2(C)C)c(C#N)c(C)c1C. The van der Waals surface area contributed by atoms with Crippen molar-refractivity contribution in [3.63, 3.8) is 0 Å². The molecule has 1 aliphatic heterocycles. The Kier molecular flexibility index (Phi) is 5.42. The van der Waals surface area contributed by atoms with Crippen LogP contribution in [0.15, 0.2) is 29.3 Å². The largest absolute Gasteiger partial charge is 0.322 e. The Hall–Kier alpha value is -2.85. The van der Waals surface area contributed by atoms with Gasteiger partial charge in [-0.2, -0.15) is 5.26 Å². The zero-order valence-electron chi connectivity index (χ0n) is 17.5. The Morgan fingerprint density at radius 3 is 2.55 bits per heavy atom. The van der Waals surface area contributed by atoms with Gasteiger partial charge < -0.3 is 5.32 Å². The number of hydrogen-bond acceptors (Lipinski definition) is 5. The van der Waals surface area contributed by atoms with Crippen LogP contribution >= 0.6 is 11.8 Å². The van der Waals surface area contributed by atoms with Crippen LogP contribution in [0.3, 0.4) is 0 Å². The first-order valence-electron chi connectivity index (χ1n) is 9.38. The standard InChI is InChI=1S/C22H24N4O2S/c1-12-13(2)16(11-23)19(24-14(12)3)29-15(4)20(27)26-18-10-8-7-9-17(18)25-21(28)22(26,5)6/h7-10,15H,1-6H3,(H,25,28). The summed E-state index contributed by atoms with van der Waals surface area (Å²) in [4.78, 5) is 32.2. The molecule has 2 heterocycles. The number of nitriles is 1. The summed E-state index contributed by atoms with van der Waals surface area (Å²) in [6.45, 7) is 11.0. The van der Waals surface area contributed by atoms with Crippen molar-refractivity contribution in [2.45, 2.75) is 57.4 Å². The van der Waals surface area contributed by atoms with Gasteiger partial charge in [-0.1, -0.05) is 23.9 Å². The maximum absolute atomic E-state index is 13.5. The van der Waals surface area contributed by atoms with Gasteiger partial charge in [0.2, 0.25) is 11.8 Å². The number of hydrogen-bond donors (Lipinski definition) is 1. The predicted octanol–water partition coefficient (Wildman–Crippen LogP) is 4.12. The number of carbonyl (C=O) groups is 2. The first kappa shape index (κ1) is 20.9. The number of benzene rings is 1. The third-order valence-corrected chi connectivity index (χ3v) is 6.51. The highest BCUT2D eigenvalue weighted by atomic mass is 32.2. The Morgan fingerprint density at radius 2 is 1.90 bits per heavy atom. The number of aromatic nitrogens is 1. The molecule has 1 aromatic heterocycles. The van der Waals surface area contributed by atoms with Crippen LogP contribution in [0.25, 0.3) is 0 Å². The molecule has 0 saturated carbocycles. The lowest BCUT2D eigenvalue weighted by atomic mass is 9.96. The van der Waals surface area contributed by atoms with E-state index in [9.17, 15) is 14.9 Å². The maximum atomic E-state index is 13.5. The number of rotatable bonds is 3. The average Bonchev–Trinajstić information content (AvgIpc) is 2.67. The Morgan fingerprint density at radius 1 is 1.24 bits per heavy atom. The molecular weight excluding hydrogens is 384 g/mol. The Balaban J connectivity index is 1.99. The fraction of sp³-hybridized carbons (Fsp3) is 0.364. The normalized spacial score (nSPS) is 15.9. The van der Waals surface area contributed by atoms with Gasteiger partial charge >= 0.3 is 0 Å². The lowest BCUT2D eigenvalue weighted by Gasteiger charge is -2.43. The maximum Gasteiger partial charge on any atom is 0.250 e. The quantitative estimate of drug-likeness (QED) is 0.772. The summed E-state index contributed by atoms with van der Waals surface area (Å²) in [7, 11) is 0. The van der Waals surface area contributed by atoms with Crippen molar-refractivity contribution >= 4 is 35.0 Å². The predicted molar refractivity (Wildman–Crippen MR) is 115 cm³/mol. The number of nitrogens with one attached hydrogen (secondary N) is 1. The van der Waals surface area contributed by atoms with E-state index in [4.69, 9.17) is 0 Å². The van der Waals surface area contributed by atoms with Gasteiger partial charge in [0.1, 0.15) is 16.6 Å². The number of thioether (sulfide) groups is 1. The molecule has 0 saturated heterocycles. The van der Waals surface area contributed by atoms with E-state index in [0.29, 0.717) is 22.0 Å². The fourth-order valence-corrected chi connectivity index (χ4v) is 4.42. The van der Waals surface area contributed by atoms with Crippen molar-refractivity contribution < 1.29 is 9.59 Å². The van der Waals surface area contributed by atoms with Crippen LogP contribution in [-0.4, -0.2) is 27.6 Å². The Labute approximate surface area is 175 Å². The van der Waals surface area contributed by atoms with Crippen LogP contribution in [0, 0.1) is 32.1 Å². The molecule has 6 nitrogen and oxygen atoms in total. The molecule has 0 spiro atoms. The highest BCUT2D eigenvalue weighted by molar-refractivity contribution is 8.00. The zero-order chi connectivity index (χ0) is 21.5. The Bertz CT molecular complexity index is 1060. The van der Waals surface area contributed by atoms with E-state index < -0.39 is 10.8 Å². The number of para-hydroxylation sites is 2. The van der Waals surface area contributed by atoms with Crippen LogP contribution in [-0.2, 0) is 9.59 Å². The number of carbonyl (C=O) groups excluding carboxylic acids is 2. The molecule has 0 aliphatic carbocycles. The van der Waals surface area contributed by atoms with E-state index in [2.05, 4.69) is 16.4 Å². The number of nitrogens with zero attached hydrogens (tertiary/aromatic N) is 3. The smallest absolute Gasteiger partial charge is 0.250 e. The molecule has 3 rings (SSSR count). The lowest BCUT2D eigenvalue weighted by Crippen LogP contribution is -2.60. The van der Waals surface area contributed by atoms with Gasteiger partial charge in [-0.25, -0.2) is 4.98 Å². The van der Waals surface area contributed by atoms with E-state index in [1.54, 1.807) is 31.7 Å². The van der Waals surface area contributed by atoms with Crippen LogP contribution in [0.5, 0.6) is 0 Å². The van der Waals surface area contributed by atoms with E-state index in [0.717, 1.165) is 16.8 Å². The fourth-order valence-electron chi connectivity index (χ4n) is 3.37. The molecule has 1 unspecified atom stereocenters. The highest BCUT2D eigenvalue weighted by Crippen LogP contribution is 2.39. The van der Waals surface area contributed by atoms with Crippen molar-refractivity contribution in [3.05, 3.63) is 46.6 Å². The first-order chi connectivity index (χ1) is 13.6. The van der Waals surface area contributed by atoms with Gasteiger partial charge in [0.15, 0.2) is 0 Å². The average molecular weight is 409 g/mol. The molecule has 29 heavy (non-hydrogen) atoms. The van der Waals surface area contributed by atoms with Gasteiger partial charge in [0, 0.05) is 5.69 Å². The van der Waals surface area contributed by atoms with E-state index >= 15 is 0 Å². The lowest BCUT2D eigenvalue weighted by molar-refractivity contribution is -0.126. The second-order valence-electron chi connectivity index (χ2n) is 7.70. The van der Waals surface area contributed by atoms with Gasteiger partial charge in [0.05, 0.1) is 22.2 Å². The molecule has 1 atom stereocenters. The monoisotopic (exact) mass is 408 g/mol. The van der Waals surface area contributed by atoms with E-state index in [1.165, 1.54) is 11.8 Å². The minimum absolute atomic E-state index is 0.205. The topological polar surface area (TPSA) is 86.1 Å². The summed E-state index contributed by atoms with van der Waals surface area (Å²) in [5.74, 6) is -0.441. The molecule has 0 fully saturated rings. The van der Waals surface area contributed by atoms with Crippen LogP contribution in [0.2, 0.25) is 0 Å². The summed E-state index contributed by atoms with van der Waals surface area (Å²) in [6.07, 6.45) is 0. The summed E-state index contributed by atoms with van der Waals surface area (Å²) in [5.41, 5.74) is 3.43. The molecule has 1 aromatic carbocycles. The van der Waals surface area contributed by atoms with Crippen molar-refractivity contribution in [2.24, 2.45) is 0 Å². The van der Waals surface area contributed by atoms with E-state index in [-0.39, 0.29) is 11.8 Å². The van der Waals surface area contributed by atoms with Gasteiger partial charge in [-0.3, -0.25) is 14.5 Å². The third kappa shape index (κ3) is 3.49. The van der Waals surface area contributed by atoms with E-state index in [1.807, 2.05) is 39.0 Å². The summed E-state index contributed by atoms with van der Waals surface area (Å²) in [6, 6.07) is 9.49. The molecule has 1 N–H and O–H groups in total. The molecule has 2 aromatic rings. The summed E-state index contributed by atoms with van der Waals surface area (Å²) >= 11 is 1.25. The van der Waals surface area contributed by atoms with Crippen LogP contribution in [0.4, 0.5) is 11.4 Å². The molecule has 150 valence electrons. The second kappa shape index (κ2) is 7.53. The molecule has 2 amide bonds. The summed E-state index contributed by atoms with van der Waals surface area (Å²) < 4.78 is 0. The number of aryl methyl sites for hydroxylation is 1. The van der Waals surface area contributed by atoms with Crippen molar-refractivity contribution in [3.8, 4) is 6.07 Å². The molecule has 7 heteroatoms. The molecule has 0 radical (unpaired) electrons. The number of amides is 2.